The van der Waals surface area contributed by atoms with E-state index in [9.17, 15) is 26.4 Å². The molecular weight excluding hydrogens is 335 g/mol. The first kappa shape index (κ1) is 19.7. The Morgan fingerprint density at radius 3 is 2.35 bits per heavy atom. The first-order chi connectivity index (χ1) is 10.4. The number of ether oxygens (including phenoxy) is 1. The van der Waals surface area contributed by atoms with Gasteiger partial charge in [0.05, 0.1) is 6.61 Å². The summed E-state index contributed by atoms with van der Waals surface area (Å²) < 4.78 is 68.6. The fourth-order valence-electron chi connectivity index (χ4n) is 2.10. The number of hydrogen-bond acceptors (Lipinski definition) is 5. The number of nitrogens with zero attached hydrogens (tertiary/aromatic N) is 1. The molecule has 132 valence electrons. The molecule has 5 nitrogen and oxygen atoms in total. The molecule has 2 unspecified atom stereocenters. The average molecular weight is 355 g/mol. The third kappa shape index (κ3) is 3.94. The molecule has 1 aliphatic rings. The lowest BCUT2D eigenvalue weighted by molar-refractivity contribution is -0.189. The second-order valence-corrected chi connectivity index (χ2v) is 7.90. The SMILES string of the molecule is CCOC(=O)C(C(C)C)S(=O)(=O)C1=CCC(C)(C(F)(F)F)C=N1. The van der Waals surface area contributed by atoms with E-state index in [1.807, 2.05) is 0 Å². The van der Waals surface area contributed by atoms with Crippen LogP contribution in [0.1, 0.15) is 34.1 Å². The van der Waals surface area contributed by atoms with Crippen LogP contribution in [0.4, 0.5) is 13.2 Å². The fourth-order valence-corrected chi connectivity index (χ4v) is 3.91. The summed E-state index contributed by atoms with van der Waals surface area (Å²) in [5, 5.41) is -2.02. The van der Waals surface area contributed by atoms with Crippen LogP contribution in [0, 0.1) is 11.3 Å². The number of carbonyl (C=O) groups excluding carboxylic acids is 1. The fraction of sp³-hybridized carbons (Fsp3) is 0.714. The molecule has 1 rings (SSSR count). The quantitative estimate of drug-likeness (QED) is 0.711. The van der Waals surface area contributed by atoms with Crippen LogP contribution in [0.5, 0.6) is 0 Å². The van der Waals surface area contributed by atoms with Crippen LogP contribution in [0.15, 0.2) is 16.1 Å². The predicted molar refractivity (Wildman–Crippen MR) is 79.5 cm³/mol. The monoisotopic (exact) mass is 355 g/mol. The standard InChI is InChI=1S/C14H20F3NO4S/c1-5-22-12(19)11(9(2)3)23(20,21)10-6-7-13(4,8-18-10)14(15,16)17/h6,8-9,11H,5,7H2,1-4H3. The first-order valence-corrected chi connectivity index (χ1v) is 8.64. The van der Waals surface area contributed by atoms with Crippen molar-refractivity contribution >= 4 is 22.0 Å². The van der Waals surface area contributed by atoms with Crippen molar-refractivity contribution in [3.63, 3.8) is 0 Å². The number of esters is 1. The summed E-state index contributed by atoms with van der Waals surface area (Å²) in [6.07, 6.45) is -3.59. The van der Waals surface area contributed by atoms with E-state index in [4.69, 9.17) is 4.74 Å². The molecule has 2 atom stereocenters. The number of allylic oxidation sites excluding steroid dienone is 1. The Bertz CT molecular complexity index is 622. The maximum Gasteiger partial charge on any atom is 0.399 e. The van der Waals surface area contributed by atoms with E-state index in [-0.39, 0.29) is 6.61 Å². The van der Waals surface area contributed by atoms with Gasteiger partial charge in [-0.3, -0.25) is 4.79 Å². The highest BCUT2D eigenvalue weighted by Gasteiger charge is 2.51. The van der Waals surface area contributed by atoms with E-state index < -0.39 is 50.0 Å². The smallest absolute Gasteiger partial charge is 0.399 e. The maximum atomic E-state index is 12.9. The van der Waals surface area contributed by atoms with Crippen molar-refractivity contribution in [3.8, 4) is 0 Å². The number of aliphatic imine (C=N–C) groups is 1. The predicted octanol–water partition coefficient (Wildman–Crippen LogP) is 2.87. The van der Waals surface area contributed by atoms with E-state index >= 15 is 0 Å². The highest BCUT2D eigenvalue weighted by molar-refractivity contribution is 7.96. The number of sulfone groups is 1. The van der Waals surface area contributed by atoms with Crippen molar-refractivity contribution in [2.45, 2.75) is 45.5 Å². The minimum absolute atomic E-state index is 0.00599. The molecule has 0 radical (unpaired) electrons. The molecule has 1 aliphatic heterocycles. The third-order valence-electron chi connectivity index (χ3n) is 3.58. The van der Waals surface area contributed by atoms with Crippen LogP contribution in [0.25, 0.3) is 0 Å². The Morgan fingerprint density at radius 2 is 2.00 bits per heavy atom. The van der Waals surface area contributed by atoms with Gasteiger partial charge in [0, 0.05) is 6.21 Å². The minimum Gasteiger partial charge on any atom is -0.465 e. The molecule has 0 aromatic carbocycles. The molecule has 0 fully saturated rings. The average Bonchev–Trinajstić information content (AvgIpc) is 2.37. The Balaban J connectivity index is 3.15. The highest BCUT2D eigenvalue weighted by atomic mass is 32.2. The van der Waals surface area contributed by atoms with E-state index in [1.54, 1.807) is 0 Å². The van der Waals surface area contributed by atoms with Crippen molar-refractivity contribution in [2.75, 3.05) is 6.61 Å². The van der Waals surface area contributed by atoms with Crippen molar-refractivity contribution in [1.29, 1.82) is 0 Å². The van der Waals surface area contributed by atoms with Crippen molar-refractivity contribution < 1.29 is 31.1 Å². The molecular formula is C14H20F3NO4S. The second-order valence-electron chi connectivity index (χ2n) is 5.88. The number of rotatable bonds is 5. The summed E-state index contributed by atoms with van der Waals surface area (Å²) in [4.78, 5) is 15.4. The third-order valence-corrected chi connectivity index (χ3v) is 5.84. The molecule has 0 N–H and O–H groups in total. The van der Waals surface area contributed by atoms with E-state index in [0.717, 1.165) is 13.0 Å². The Labute approximate surface area is 133 Å². The van der Waals surface area contributed by atoms with Crippen molar-refractivity contribution in [3.05, 3.63) is 11.1 Å². The molecule has 23 heavy (non-hydrogen) atoms. The molecule has 0 bridgehead atoms. The lowest BCUT2D eigenvalue weighted by Crippen LogP contribution is -2.40. The molecule has 0 saturated heterocycles. The van der Waals surface area contributed by atoms with Crippen molar-refractivity contribution in [1.82, 2.24) is 0 Å². The second kappa shape index (κ2) is 6.62. The molecule has 0 amide bonds. The number of carbonyl (C=O) groups is 1. The van der Waals surface area contributed by atoms with Crippen LogP contribution in [0.3, 0.4) is 0 Å². The molecule has 0 aromatic heterocycles. The van der Waals surface area contributed by atoms with Gasteiger partial charge in [0.25, 0.3) is 0 Å². The van der Waals surface area contributed by atoms with Gasteiger partial charge in [-0.1, -0.05) is 13.8 Å². The zero-order valence-corrected chi connectivity index (χ0v) is 14.2. The minimum atomic E-state index is -4.54. The number of hydrogen-bond donors (Lipinski definition) is 0. The van der Waals surface area contributed by atoms with Gasteiger partial charge >= 0.3 is 12.1 Å². The maximum absolute atomic E-state index is 12.9. The first-order valence-electron chi connectivity index (χ1n) is 7.09. The summed E-state index contributed by atoms with van der Waals surface area (Å²) in [6, 6.07) is 0. The number of alkyl halides is 3. The van der Waals surface area contributed by atoms with Gasteiger partial charge in [-0.15, -0.1) is 0 Å². The molecule has 0 aliphatic carbocycles. The van der Waals surface area contributed by atoms with Gasteiger partial charge in [0.1, 0.15) is 5.41 Å². The molecule has 0 saturated carbocycles. The number of halogens is 3. The van der Waals surface area contributed by atoms with Crippen LogP contribution in [0.2, 0.25) is 0 Å². The lowest BCUT2D eigenvalue weighted by Gasteiger charge is -2.30. The van der Waals surface area contributed by atoms with E-state index in [0.29, 0.717) is 6.21 Å². The van der Waals surface area contributed by atoms with Gasteiger partial charge in [0.2, 0.25) is 9.84 Å². The van der Waals surface area contributed by atoms with Crippen molar-refractivity contribution in [2.24, 2.45) is 16.3 Å². The summed E-state index contributed by atoms with van der Waals surface area (Å²) in [5.41, 5.74) is -2.22. The van der Waals surface area contributed by atoms with Crippen LogP contribution < -0.4 is 0 Å². The zero-order valence-electron chi connectivity index (χ0n) is 13.3. The normalized spacial score (nSPS) is 23.6. The van der Waals surface area contributed by atoms with Gasteiger partial charge in [-0.25, -0.2) is 13.4 Å². The van der Waals surface area contributed by atoms with Crippen LogP contribution in [-0.2, 0) is 19.4 Å². The topological polar surface area (TPSA) is 72.8 Å². The Morgan fingerprint density at radius 1 is 1.43 bits per heavy atom. The summed E-state index contributed by atoms with van der Waals surface area (Å²) in [5.74, 6) is -1.53. The van der Waals surface area contributed by atoms with Gasteiger partial charge < -0.3 is 4.74 Å². The van der Waals surface area contributed by atoms with Gasteiger partial charge in [-0.2, -0.15) is 13.2 Å². The lowest BCUT2D eigenvalue weighted by atomic mass is 9.86. The van der Waals surface area contributed by atoms with Gasteiger partial charge in [0.15, 0.2) is 10.3 Å². The van der Waals surface area contributed by atoms with Crippen LogP contribution in [-0.4, -0.2) is 38.6 Å². The molecule has 9 heteroatoms. The molecule has 1 heterocycles. The van der Waals surface area contributed by atoms with Gasteiger partial charge in [-0.05, 0) is 32.3 Å². The Kier molecular flexibility index (Phi) is 5.66. The highest BCUT2D eigenvalue weighted by Crippen LogP contribution is 2.42. The van der Waals surface area contributed by atoms with E-state index in [1.165, 1.54) is 20.8 Å². The summed E-state index contributed by atoms with van der Waals surface area (Å²) >= 11 is 0. The van der Waals surface area contributed by atoms with E-state index in [2.05, 4.69) is 4.99 Å². The van der Waals surface area contributed by atoms with Crippen LogP contribution >= 0.6 is 0 Å². The molecule has 0 aromatic rings. The summed E-state index contributed by atoms with van der Waals surface area (Å²) in [7, 11) is -4.22. The zero-order chi connectivity index (χ0) is 18.1. The summed E-state index contributed by atoms with van der Waals surface area (Å²) in [6.45, 7) is 5.51. The molecule has 0 spiro atoms. The Hall–Kier alpha value is -1.38. The largest absolute Gasteiger partial charge is 0.465 e.